The maximum atomic E-state index is 14.1. The molecule has 0 aromatic carbocycles. The summed E-state index contributed by atoms with van der Waals surface area (Å²) in [6.07, 6.45) is 31.1. The maximum absolute atomic E-state index is 14.1. The van der Waals surface area contributed by atoms with Crippen LogP contribution in [0.3, 0.4) is 0 Å². The Morgan fingerprint density at radius 3 is 2.96 bits per heavy atom. The van der Waals surface area contributed by atoms with E-state index in [0.29, 0.717) is 31.1 Å². The summed E-state index contributed by atoms with van der Waals surface area (Å²) >= 11 is 6.41. The topological polar surface area (TPSA) is 88.2 Å². The van der Waals surface area contributed by atoms with Gasteiger partial charge in [0.15, 0.2) is 5.90 Å². The fraction of sp³-hybridized carbons (Fsp3) is 0.371. The fourth-order valence-corrected chi connectivity index (χ4v) is 5.93. The van der Waals surface area contributed by atoms with Gasteiger partial charge in [-0.3, -0.25) is 4.99 Å². The maximum Gasteiger partial charge on any atom is 0.192 e. The standard InChI is InChI=1S/C35H39ClFN7O/c36-26-10-5-4-9-25(21-26)24-44-31-13-3-1-2-12-28(31)42-34(44)15-8-17-38-20-16-35-43-29-22-33(40-19-7-14-32(29)45-35)41-23-30-27(37)11-6-18-39-30/h1-6,9,11-12,14,18-19,21-22,27,29-30,38,41H,7-8,10,13,15-17,20,23-24H2/b32-14+,33-22?,40-19-. The minimum atomic E-state index is -1.10. The van der Waals surface area contributed by atoms with Gasteiger partial charge in [0.05, 0.1) is 5.69 Å². The number of nitrogens with zero attached hydrogens (tertiary/aromatic N) is 5. The zero-order valence-corrected chi connectivity index (χ0v) is 26.0. The molecule has 0 saturated carbocycles. The van der Waals surface area contributed by atoms with Gasteiger partial charge in [-0.05, 0) is 55.0 Å². The van der Waals surface area contributed by atoms with Crippen molar-refractivity contribution in [1.29, 1.82) is 0 Å². The van der Waals surface area contributed by atoms with Crippen LogP contribution in [0.15, 0.2) is 104 Å². The summed E-state index contributed by atoms with van der Waals surface area (Å²) in [6, 6.07) is -0.703. The molecule has 45 heavy (non-hydrogen) atoms. The number of ether oxygens (including phenoxy) is 1. The molecule has 3 unspecified atom stereocenters. The lowest BCUT2D eigenvalue weighted by Crippen LogP contribution is -2.33. The van der Waals surface area contributed by atoms with Gasteiger partial charge >= 0.3 is 0 Å². The van der Waals surface area contributed by atoms with Crippen LogP contribution in [0.25, 0.3) is 6.08 Å². The van der Waals surface area contributed by atoms with E-state index < -0.39 is 12.2 Å². The number of hydrogen-bond donors (Lipinski definition) is 2. The molecule has 3 aliphatic heterocycles. The fourth-order valence-electron chi connectivity index (χ4n) is 5.70. The number of rotatable bonds is 12. The van der Waals surface area contributed by atoms with E-state index in [1.165, 1.54) is 17.3 Å². The Labute approximate surface area is 269 Å². The SMILES string of the molecule is FC1C=CC=NC1CNC1=CC2N=C(CCNCCCc3nc4c(n3CC3=CC=CCC(Cl)=C3)CC=CC=C4)O/C2=C/C/C=N\1. The Morgan fingerprint density at radius 2 is 2.02 bits per heavy atom. The molecule has 0 bridgehead atoms. The molecule has 0 radical (unpaired) electrons. The normalized spacial score (nSPS) is 25.3. The van der Waals surface area contributed by atoms with Crippen molar-refractivity contribution in [2.45, 2.75) is 63.3 Å². The quantitative estimate of drug-likeness (QED) is 0.284. The van der Waals surface area contributed by atoms with Crippen LogP contribution in [0.4, 0.5) is 4.39 Å². The summed E-state index contributed by atoms with van der Waals surface area (Å²) in [5.74, 6) is 3.27. The number of fused-ring (bicyclic) bond motifs is 2. The van der Waals surface area contributed by atoms with E-state index in [-0.39, 0.29) is 6.04 Å². The van der Waals surface area contributed by atoms with Crippen molar-refractivity contribution in [1.82, 2.24) is 20.2 Å². The highest BCUT2D eigenvalue weighted by molar-refractivity contribution is 6.29. The van der Waals surface area contributed by atoms with Crippen molar-refractivity contribution in [2.24, 2.45) is 15.0 Å². The third kappa shape index (κ3) is 8.35. The molecule has 3 atom stereocenters. The van der Waals surface area contributed by atoms with Crippen LogP contribution in [-0.4, -0.2) is 65.8 Å². The molecule has 5 aliphatic rings. The molecule has 1 aromatic rings. The first kappa shape index (κ1) is 30.9. The summed E-state index contributed by atoms with van der Waals surface area (Å²) in [5.41, 5.74) is 3.47. The molecular weight excluding hydrogens is 589 g/mol. The molecule has 0 amide bonds. The van der Waals surface area contributed by atoms with Crippen LogP contribution < -0.4 is 10.6 Å². The second-order valence-corrected chi connectivity index (χ2v) is 11.8. The summed E-state index contributed by atoms with van der Waals surface area (Å²) in [6.45, 7) is 2.73. The highest BCUT2D eigenvalue weighted by Gasteiger charge is 2.25. The number of hydrogen-bond acceptors (Lipinski definition) is 7. The molecule has 1 aromatic heterocycles. The van der Waals surface area contributed by atoms with Gasteiger partial charge in [0, 0.05) is 74.9 Å². The minimum absolute atomic E-state index is 0.238. The predicted molar refractivity (Wildman–Crippen MR) is 182 cm³/mol. The van der Waals surface area contributed by atoms with Gasteiger partial charge in [-0.25, -0.2) is 19.4 Å². The highest BCUT2D eigenvalue weighted by atomic mass is 35.5. The third-order valence-electron chi connectivity index (χ3n) is 8.01. The number of aryl methyl sites for hydroxylation is 1. The number of alkyl halides is 1. The van der Waals surface area contributed by atoms with E-state index in [4.69, 9.17) is 26.3 Å². The summed E-state index contributed by atoms with van der Waals surface area (Å²) in [4.78, 5) is 18.5. The Morgan fingerprint density at radius 1 is 1.09 bits per heavy atom. The molecule has 8 nitrogen and oxygen atoms in total. The number of nitrogens with one attached hydrogen (secondary N) is 2. The van der Waals surface area contributed by atoms with Crippen molar-refractivity contribution in [3.8, 4) is 0 Å². The first-order chi connectivity index (χ1) is 22.1. The number of aromatic nitrogens is 2. The van der Waals surface area contributed by atoms with E-state index in [0.717, 1.165) is 67.6 Å². The smallest absolute Gasteiger partial charge is 0.192 e. The Balaban J connectivity index is 0.997. The van der Waals surface area contributed by atoms with Crippen LogP contribution in [0.1, 0.15) is 42.9 Å². The largest absolute Gasteiger partial charge is 0.445 e. The van der Waals surface area contributed by atoms with E-state index in [9.17, 15) is 4.39 Å². The number of imidazole rings is 1. The molecule has 234 valence electrons. The first-order valence-electron chi connectivity index (χ1n) is 15.7. The van der Waals surface area contributed by atoms with E-state index in [1.54, 1.807) is 12.3 Å². The summed E-state index contributed by atoms with van der Waals surface area (Å²) in [7, 11) is 0. The van der Waals surface area contributed by atoms with Crippen molar-refractivity contribution >= 4 is 36.0 Å². The third-order valence-corrected chi connectivity index (χ3v) is 8.27. The molecule has 0 fully saturated rings. The van der Waals surface area contributed by atoms with Crippen molar-refractivity contribution < 1.29 is 9.13 Å². The van der Waals surface area contributed by atoms with E-state index in [1.807, 2.05) is 18.4 Å². The summed E-state index contributed by atoms with van der Waals surface area (Å²) < 4.78 is 22.6. The van der Waals surface area contributed by atoms with Gasteiger partial charge in [0.1, 0.15) is 35.7 Å². The van der Waals surface area contributed by atoms with Gasteiger partial charge in [-0.15, -0.1) is 0 Å². The van der Waals surface area contributed by atoms with Crippen molar-refractivity contribution in [3.05, 3.63) is 106 Å². The van der Waals surface area contributed by atoms with Crippen LogP contribution in [0, 0.1) is 0 Å². The Kier molecular flexibility index (Phi) is 10.5. The highest BCUT2D eigenvalue weighted by Crippen LogP contribution is 2.25. The average molecular weight is 628 g/mol. The van der Waals surface area contributed by atoms with Crippen LogP contribution in [-0.2, 0) is 24.1 Å². The first-order valence-corrected chi connectivity index (χ1v) is 16.1. The van der Waals surface area contributed by atoms with Crippen molar-refractivity contribution in [2.75, 3.05) is 19.6 Å². The predicted octanol–water partition coefficient (Wildman–Crippen LogP) is 5.86. The number of dihydropyridines is 1. The molecule has 0 spiro atoms. The number of aliphatic imine (C=N–C) groups is 3. The lowest BCUT2D eigenvalue weighted by molar-refractivity contribution is 0.335. The molecule has 0 saturated heterocycles. The van der Waals surface area contributed by atoms with Crippen LogP contribution in [0.2, 0.25) is 0 Å². The molecule has 6 rings (SSSR count). The van der Waals surface area contributed by atoms with Crippen molar-refractivity contribution in [3.63, 3.8) is 0 Å². The second kappa shape index (κ2) is 15.3. The molecular formula is C35H39ClFN7O. The molecule has 2 aliphatic carbocycles. The van der Waals surface area contributed by atoms with Gasteiger partial charge in [0.25, 0.3) is 0 Å². The van der Waals surface area contributed by atoms with Crippen LogP contribution >= 0.6 is 11.6 Å². The van der Waals surface area contributed by atoms with Crippen LogP contribution in [0.5, 0.6) is 0 Å². The lowest BCUT2D eigenvalue weighted by atomic mass is 10.1. The zero-order valence-electron chi connectivity index (χ0n) is 25.3. The molecule has 4 heterocycles. The molecule has 2 N–H and O–H groups in total. The Hall–Kier alpha value is -4.08. The second-order valence-electron chi connectivity index (χ2n) is 11.4. The lowest BCUT2D eigenvalue weighted by Gasteiger charge is -2.18. The van der Waals surface area contributed by atoms with E-state index >= 15 is 0 Å². The monoisotopic (exact) mass is 627 g/mol. The van der Waals surface area contributed by atoms with Gasteiger partial charge < -0.3 is 19.9 Å². The Bertz CT molecular complexity index is 1590. The van der Waals surface area contributed by atoms with E-state index in [2.05, 4.69) is 73.8 Å². The average Bonchev–Trinajstić information content (AvgIpc) is 3.33. The minimum Gasteiger partial charge on any atom is -0.445 e. The summed E-state index contributed by atoms with van der Waals surface area (Å²) in [5, 5.41) is 7.63. The zero-order chi connectivity index (χ0) is 30.8. The molecule has 10 heteroatoms. The number of halogens is 2. The van der Waals surface area contributed by atoms with Gasteiger partial charge in [-0.2, -0.15) is 0 Å². The van der Waals surface area contributed by atoms with Gasteiger partial charge in [-0.1, -0.05) is 48.1 Å². The number of allylic oxidation sites excluding steroid dienone is 11. The van der Waals surface area contributed by atoms with Gasteiger partial charge in [0.2, 0.25) is 0 Å².